The van der Waals surface area contributed by atoms with Gasteiger partial charge in [-0.2, -0.15) is 0 Å². The molecular weight excluding hydrogens is 330 g/mol. The lowest BCUT2D eigenvalue weighted by Gasteiger charge is -2.13. The molecule has 2 rings (SSSR count). The number of imide groups is 1. The molecule has 132 valence electrons. The molecule has 0 aliphatic carbocycles. The lowest BCUT2D eigenvalue weighted by molar-refractivity contribution is -0.138. The average molecular weight is 347 g/mol. The number of amides is 3. The summed E-state index contributed by atoms with van der Waals surface area (Å²) in [5.74, 6) is -2.45. The Bertz CT molecular complexity index is 726. The molecule has 0 saturated heterocycles. The molecule has 1 heterocycles. The molecule has 0 atom stereocenters. The molecule has 1 aliphatic heterocycles. The first kappa shape index (κ1) is 18.1. The van der Waals surface area contributed by atoms with Gasteiger partial charge in [0.2, 0.25) is 0 Å². The number of carboxylic acid groups (broad SMARTS) is 1. The predicted molar refractivity (Wildman–Crippen MR) is 86.5 cm³/mol. The van der Waals surface area contributed by atoms with Crippen molar-refractivity contribution in [1.82, 2.24) is 10.2 Å². The van der Waals surface area contributed by atoms with Gasteiger partial charge in [0, 0.05) is 23.9 Å². The highest BCUT2D eigenvalue weighted by Gasteiger charge is 2.30. The van der Waals surface area contributed by atoms with Crippen molar-refractivity contribution in [1.29, 1.82) is 0 Å². The van der Waals surface area contributed by atoms with Crippen LogP contribution in [0.3, 0.4) is 0 Å². The highest BCUT2D eigenvalue weighted by Crippen LogP contribution is 2.17. The largest absolute Gasteiger partial charge is 0.481 e. The van der Waals surface area contributed by atoms with Crippen molar-refractivity contribution < 1.29 is 29.4 Å². The van der Waals surface area contributed by atoms with E-state index in [0.29, 0.717) is 11.3 Å². The van der Waals surface area contributed by atoms with Gasteiger partial charge in [-0.05, 0) is 24.3 Å². The maximum atomic E-state index is 12.0. The van der Waals surface area contributed by atoms with Crippen molar-refractivity contribution in [3.63, 3.8) is 0 Å². The summed E-state index contributed by atoms with van der Waals surface area (Å²) in [5, 5.41) is 22.6. The minimum atomic E-state index is -1.00. The Labute approximate surface area is 142 Å². The molecule has 3 amide bonds. The molecule has 0 spiro atoms. The Morgan fingerprint density at radius 3 is 2.40 bits per heavy atom. The van der Waals surface area contributed by atoms with Gasteiger partial charge in [0.05, 0.1) is 19.6 Å². The number of aliphatic hydroxyl groups excluding tert-OH is 1. The van der Waals surface area contributed by atoms with Crippen LogP contribution in [0.4, 0.5) is 5.69 Å². The molecular formula is C16H17N3O6. The van der Waals surface area contributed by atoms with Gasteiger partial charge in [-0.25, -0.2) is 0 Å². The van der Waals surface area contributed by atoms with E-state index in [4.69, 9.17) is 10.2 Å². The summed E-state index contributed by atoms with van der Waals surface area (Å²) in [6, 6.07) is 6.12. The number of rotatable bonds is 8. The maximum absolute atomic E-state index is 12.0. The van der Waals surface area contributed by atoms with Crippen LogP contribution in [0.15, 0.2) is 36.0 Å². The molecule has 0 unspecified atom stereocenters. The first-order valence-corrected chi connectivity index (χ1v) is 7.48. The standard InChI is InChI=1S/C16H17N3O6/c20-8-7-19-13(21)9-12(16(19)25)18-11-3-1-10(2-4-11)15(24)17-6-5-14(22)23/h1-4,9,18,20H,5-8H2,(H,17,24)(H,22,23). The Hall–Kier alpha value is -3.20. The van der Waals surface area contributed by atoms with E-state index in [1.54, 1.807) is 12.1 Å². The molecule has 1 aliphatic rings. The summed E-state index contributed by atoms with van der Waals surface area (Å²) in [5.41, 5.74) is 0.915. The number of carboxylic acids is 1. The fourth-order valence-electron chi connectivity index (χ4n) is 2.16. The summed E-state index contributed by atoms with van der Waals surface area (Å²) in [6.45, 7) is -0.364. The van der Waals surface area contributed by atoms with Crippen LogP contribution in [0, 0.1) is 0 Å². The number of aliphatic carboxylic acids is 1. The van der Waals surface area contributed by atoms with Gasteiger partial charge in [-0.1, -0.05) is 0 Å². The van der Waals surface area contributed by atoms with Gasteiger partial charge in [-0.15, -0.1) is 0 Å². The molecule has 4 N–H and O–H groups in total. The van der Waals surface area contributed by atoms with E-state index >= 15 is 0 Å². The average Bonchev–Trinajstić information content (AvgIpc) is 2.83. The number of anilines is 1. The van der Waals surface area contributed by atoms with Gasteiger partial charge in [0.1, 0.15) is 5.70 Å². The van der Waals surface area contributed by atoms with Crippen molar-refractivity contribution in [3.8, 4) is 0 Å². The lowest BCUT2D eigenvalue weighted by atomic mass is 10.2. The van der Waals surface area contributed by atoms with Gasteiger partial charge < -0.3 is 20.8 Å². The molecule has 0 bridgehead atoms. The Kier molecular flexibility index (Phi) is 5.85. The van der Waals surface area contributed by atoms with Crippen LogP contribution in [0.2, 0.25) is 0 Å². The summed E-state index contributed by atoms with van der Waals surface area (Å²) in [7, 11) is 0. The second-order valence-corrected chi connectivity index (χ2v) is 5.18. The zero-order valence-corrected chi connectivity index (χ0v) is 13.2. The Morgan fingerprint density at radius 1 is 1.12 bits per heavy atom. The Balaban J connectivity index is 1.95. The van der Waals surface area contributed by atoms with Crippen LogP contribution in [-0.2, 0) is 14.4 Å². The van der Waals surface area contributed by atoms with Crippen LogP contribution in [0.25, 0.3) is 0 Å². The smallest absolute Gasteiger partial charge is 0.305 e. The summed E-state index contributed by atoms with van der Waals surface area (Å²) in [6.07, 6.45) is 0.977. The van der Waals surface area contributed by atoms with Crippen LogP contribution in [-0.4, -0.2) is 58.5 Å². The van der Waals surface area contributed by atoms with Crippen molar-refractivity contribution in [2.75, 3.05) is 25.0 Å². The molecule has 1 aromatic rings. The van der Waals surface area contributed by atoms with Gasteiger partial charge in [0.15, 0.2) is 0 Å². The van der Waals surface area contributed by atoms with E-state index in [9.17, 15) is 19.2 Å². The zero-order chi connectivity index (χ0) is 18.4. The Morgan fingerprint density at radius 2 is 1.80 bits per heavy atom. The van der Waals surface area contributed by atoms with Gasteiger partial charge in [-0.3, -0.25) is 24.1 Å². The minimum absolute atomic E-state index is 0.0262. The lowest BCUT2D eigenvalue weighted by Crippen LogP contribution is -2.34. The number of hydrogen-bond donors (Lipinski definition) is 4. The van der Waals surface area contributed by atoms with Gasteiger partial charge in [0.25, 0.3) is 17.7 Å². The number of nitrogens with zero attached hydrogens (tertiary/aromatic N) is 1. The van der Waals surface area contributed by atoms with Crippen LogP contribution < -0.4 is 10.6 Å². The number of β-amino-alcohol motifs (C(OH)–C–C–N with tert-alkyl or cyclic N) is 1. The first-order chi connectivity index (χ1) is 11.9. The van der Waals surface area contributed by atoms with Crippen LogP contribution >= 0.6 is 0 Å². The van der Waals surface area contributed by atoms with E-state index in [1.807, 2.05) is 0 Å². The number of aliphatic hydroxyl groups is 1. The molecule has 1 aromatic carbocycles. The van der Waals surface area contributed by atoms with Crippen molar-refractivity contribution in [2.24, 2.45) is 0 Å². The second-order valence-electron chi connectivity index (χ2n) is 5.18. The zero-order valence-electron chi connectivity index (χ0n) is 13.2. The molecule has 9 nitrogen and oxygen atoms in total. The third-order valence-electron chi connectivity index (χ3n) is 3.38. The fraction of sp³-hybridized carbons (Fsp3) is 0.250. The third kappa shape index (κ3) is 4.64. The number of benzene rings is 1. The number of carbonyl (C=O) groups is 4. The maximum Gasteiger partial charge on any atom is 0.305 e. The summed E-state index contributed by atoms with van der Waals surface area (Å²) < 4.78 is 0. The number of nitrogens with one attached hydrogen (secondary N) is 2. The summed E-state index contributed by atoms with van der Waals surface area (Å²) >= 11 is 0. The van der Waals surface area contributed by atoms with E-state index in [2.05, 4.69) is 10.6 Å². The molecule has 0 saturated carbocycles. The number of carbonyl (C=O) groups excluding carboxylic acids is 3. The molecule has 0 aromatic heterocycles. The van der Waals surface area contributed by atoms with E-state index in [-0.39, 0.29) is 31.8 Å². The molecule has 0 radical (unpaired) electrons. The van der Waals surface area contributed by atoms with Crippen molar-refractivity contribution >= 4 is 29.4 Å². The second kappa shape index (κ2) is 8.06. The monoisotopic (exact) mass is 347 g/mol. The highest BCUT2D eigenvalue weighted by molar-refractivity contribution is 6.17. The number of hydrogen-bond acceptors (Lipinski definition) is 6. The van der Waals surface area contributed by atoms with Crippen molar-refractivity contribution in [3.05, 3.63) is 41.6 Å². The van der Waals surface area contributed by atoms with Crippen LogP contribution in [0.1, 0.15) is 16.8 Å². The van der Waals surface area contributed by atoms with Crippen LogP contribution in [0.5, 0.6) is 0 Å². The highest BCUT2D eigenvalue weighted by atomic mass is 16.4. The molecule has 0 fully saturated rings. The van der Waals surface area contributed by atoms with E-state index in [0.717, 1.165) is 11.0 Å². The normalized spacial score (nSPS) is 13.6. The van der Waals surface area contributed by atoms with Crippen molar-refractivity contribution in [2.45, 2.75) is 6.42 Å². The fourth-order valence-corrected chi connectivity index (χ4v) is 2.16. The quantitative estimate of drug-likeness (QED) is 0.468. The topological polar surface area (TPSA) is 136 Å². The first-order valence-electron chi connectivity index (χ1n) is 7.48. The molecule has 9 heteroatoms. The third-order valence-corrected chi connectivity index (χ3v) is 3.38. The van der Waals surface area contributed by atoms with E-state index in [1.165, 1.54) is 12.1 Å². The molecule has 25 heavy (non-hydrogen) atoms. The van der Waals surface area contributed by atoms with Gasteiger partial charge >= 0.3 is 5.97 Å². The minimum Gasteiger partial charge on any atom is -0.481 e. The van der Waals surface area contributed by atoms with E-state index < -0.39 is 23.7 Å². The SMILES string of the molecule is O=C(O)CCNC(=O)c1ccc(NC2=CC(=O)N(CCO)C2=O)cc1. The predicted octanol–water partition coefficient (Wildman–Crippen LogP) is -0.452. The summed E-state index contributed by atoms with van der Waals surface area (Å²) in [4.78, 5) is 46.8.